The van der Waals surface area contributed by atoms with E-state index >= 15 is 0 Å². The molecule has 1 aromatic heterocycles. The average molecular weight is 666 g/mol. The third-order valence-corrected chi connectivity index (χ3v) is 10.9. The molecule has 0 radical (unpaired) electrons. The molecule has 1 unspecified atom stereocenters. The Hall–Kier alpha value is -6.84. The van der Waals surface area contributed by atoms with E-state index in [1.807, 2.05) is 0 Å². The molecule has 244 valence electrons. The van der Waals surface area contributed by atoms with E-state index in [0.29, 0.717) is 0 Å². The van der Waals surface area contributed by atoms with Gasteiger partial charge < -0.3 is 14.0 Å². The SMILES string of the molecule is c1ccc(-c2cccc3c2C2(c4ccccc4O3)c3ccccc3Oc3c(-c4cccc5c6ccccc6n(-c6ccccc6)c45)cccc32)cc1. The second kappa shape index (κ2) is 11.1. The van der Waals surface area contributed by atoms with Crippen LogP contribution in [0.15, 0.2) is 188 Å². The highest BCUT2D eigenvalue weighted by atomic mass is 16.5. The van der Waals surface area contributed by atoms with E-state index in [0.717, 1.165) is 78.7 Å². The van der Waals surface area contributed by atoms with Gasteiger partial charge in [-0.3, -0.25) is 0 Å². The van der Waals surface area contributed by atoms with Crippen molar-refractivity contribution in [1.29, 1.82) is 0 Å². The van der Waals surface area contributed by atoms with Gasteiger partial charge in [0.1, 0.15) is 23.0 Å². The van der Waals surface area contributed by atoms with Crippen LogP contribution in [0.25, 0.3) is 49.7 Å². The van der Waals surface area contributed by atoms with E-state index in [2.05, 4.69) is 193 Å². The zero-order chi connectivity index (χ0) is 34.2. The largest absolute Gasteiger partial charge is 0.457 e. The number of benzene rings is 8. The Bertz CT molecular complexity index is 2840. The quantitative estimate of drug-likeness (QED) is 0.187. The van der Waals surface area contributed by atoms with Gasteiger partial charge in [0.05, 0.1) is 16.4 Å². The number of hydrogen-bond acceptors (Lipinski definition) is 2. The summed E-state index contributed by atoms with van der Waals surface area (Å²) in [5, 5.41) is 2.42. The molecule has 0 N–H and O–H groups in total. The molecule has 0 saturated heterocycles. The Morgan fingerprint density at radius 1 is 0.385 bits per heavy atom. The van der Waals surface area contributed by atoms with Gasteiger partial charge in [-0.25, -0.2) is 0 Å². The van der Waals surface area contributed by atoms with Crippen LogP contribution >= 0.6 is 0 Å². The highest BCUT2D eigenvalue weighted by Crippen LogP contribution is 2.64. The van der Waals surface area contributed by atoms with Crippen molar-refractivity contribution in [2.75, 3.05) is 0 Å². The van der Waals surface area contributed by atoms with Crippen molar-refractivity contribution in [1.82, 2.24) is 4.57 Å². The standard InChI is InChI=1S/C49H31NO2/c1-3-16-32(17-4-1)34-21-15-31-45-46(34)49(39-25-8-11-29-43(39)51-45)40-26-9-12-30-44(40)52-48-38(24-14-27-41(48)49)37-23-13-22-36-35-20-7-10-28-42(35)50(47(36)37)33-18-5-2-6-19-33/h1-31H. The van der Waals surface area contributed by atoms with Crippen LogP contribution in [0.4, 0.5) is 0 Å². The molecule has 0 fully saturated rings. The summed E-state index contributed by atoms with van der Waals surface area (Å²) in [5.74, 6) is 3.38. The van der Waals surface area contributed by atoms with Gasteiger partial charge in [0.15, 0.2) is 0 Å². The lowest BCUT2D eigenvalue weighted by Crippen LogP contribution is -2.37. The third-order valence-electron chi connectivity index (χ3n) is 10.9. The predicted molar refractivity (Wildman–Crippen MR) is 210 cm³/mol. The Kier molecular flexibility index (Phi) is 6.17. The van der Waals surface area contributed by atoms with Crippen LogP contribution in [0.3, 0.4) is 0 Å². The van der Waals surface area contributed by atoms with Crippen molar-refractivity contribution >= 4 is 21.8 Å². The van der Waals surface area contributed by atoms with Crippen molar-refractivity contribution in [2.24, 2.45) is 0 Å². The Morgan fingerprint density at radius 3 is 1.75 bits per heavy atom. The Labute approximate surface area is 301 Å². The fraction of sp³-hybridized carbons (Fsp3) is 0.0204. The molecule has 0 bridgehead atoms. The molecular weight excluding hydrogens is 635 g/mol. The summed E-state index contributed by atoms with van der Waals surface area (Å²) < 4.78 is 16.4. The number of nitrogens with zero attached hydrogens (tertiary/aromatic N) is 1. The molecule has 3 nitrogen and oxygen atoms in total. The molecule has 52 heavy (non-hydrogen) atoms. The molecule has 9 aromatic rings. The topological polar surface area (TPSA) is 23.4 Å². The summed E-state index contributed by atoms with van der Waals surface area (Å²) in [6, 6.07) is 66.9. The monoisotopic (exact) mass is 665 g/mol. The highest BCUT2D eigenvalue weighted by Gasteiger charge is 2.52. The van der Waals surface area contributed by atoms with Gasteiger partial charge in [-0.1, -0.05) is 152 Å². The minimum atomic E-state index is -0.739. The van der Waals surface area contributed by atoms with Crippen LogP contribution in [0, 0.1) is 0 Å². The van der Waals surface area contributed by atoms with Crippen LogP contribution in [0.5, 0.6) is 23.0 Å². The molecule has 0 saturated carbocycles. The number of para-hydroxylation sites is 6. The summed E-state index contributed by atoms with van der Waals surface area (Å²) in [4.78, 5) is 0. The van der Waals surface area contributed by atoms with E-state index in [1.165, 1.54) is 16.3 Å². The first-order chi connectivity index (χ1) is 25.8. The van der Waals surface area contributed by atoms with E-state index in [1.54, 1.807) is 0 Å². The number of aromatic nitrogens is 1. The smallest absolute Gasteiger partial charge is 0.140 e. The maximum absolute atomic E-state index is 7.18. The van der Waals surface area contributed by atoms with Gasteiger partial charge in [0.25, 0.3) is 0 Å². The maximum atomic E-state index is 7.18. The third kappa shape index (κ3) is 3.91. The molecule has 2 aliphatic heterocycles. The molecule has 1 spiro atoms. The first-order valence-electron chi connectivity index (χ1n) is 17.8. The molecule has 0 amide bonds. The summed E-state index contributed by atoms with van der Waals surface area (Å²) in [5.41, 5.74) is 11.5. The summed E-state index contributed by atoms with van der Waals surface area (Å²) in [6.45, 7) is 0. The lowest BCUT2D eigenvalue weighted by Gasteiger charge is -2.46. The molecule has 8 aromatic carbocycles. The van der Waals surface area contributed by atoms with Crippen molar-refractivity contribution in [3.8, 4) is 50.9 Å². The lowest BCUT2D eigenvalue weighted by molar-refractivity contribution is 0.401. The van der Waals surface area contributed by atoms with Gasteiger partial charge in [-0.2, -0.15) is 0 Å². The van der Waals surface area contributed by atoms with Gasteiger partial charge in [0, 0.05) is 49.8 Å². The van der Waals surface area contributed by atoms with Gasteiger partial charge in [-0.15, -0.1) is 0 Å². The number of hydrogen-bond donors (Lipinski definition) is 0. The van der Waals surface area contributed by atoms with Crippen LogP contribution in [0.2, 0.25) is 0 Å². The molecule has 0 aliphatic carbocycles. The van der Waals surface area contributed by atoms with Crippen LogP contribution in [0.1, 0.15) is 22.3 Å². The van der Waals surface area contributed by atoms with Gasteiger partial charge >= 0.3 is 0 Å². The average Bonchev–Trinajstić information content (AvgIpc) is 3.56. The zero-order valence-electron chi connectivity index (χ0n) is 28.2. The lowest BCUT2D eigenvalue weighted by atomic mass is 9.60. The van der Waals surface area contributed by atoms with E-state index in [-0.39, 0.29) is 0 Å². The Balaban J connectivity index is 1.29. The van der Waals surface area contributed by atoms with Crippen molar-refractivity contribution in [3.05, 3.63) is 210 Å². The minimum Gasteiger partial charge on any atom is -0.457 e. The second-order valence-corrected chi connectivity index (χ2v) is 13.6. The molecule has 3 heterocycles. The first-order valence-corrected chi connectivity index (χ1v) is 17.8. The fourth-order valence-corrected chi connectivity index (χ4v) is 8.90. The summed E-state index contributed by atoms with van der Waals surface area (Å²) in [6.07, 6.45) is 0. The summed E-state index contributed by atoms with van der Waals surface area (Å²) in [7, 11) is 0. The maximum Gasteiger partial charge on any atom is 0.140 e. The molecule has 3 heteroatoms. The molecule has 1 atom stereocenters. The van der Waals surface area contributed by atoms with E-state index in [4.69, 9.17) is 9.47 Å². The highest BCUT2D eigenvalue weighted by molar-refractivity contribution is 6.14. The van der Waals surface area contributed by atoms with E-state index in [9.17, 15) is 0 Å². The van der Waals surface area contributed by atoms with Crippen molar-refractivity contribution < 1.29 is 9.47 Å². The summed E-state index contributed by atoms with van der Waals surface area (Å²) >= 11 is 0. The van der Waals surface area contributed by atoms with E-state index < -0.39 is 5.41 Å². The first kappa shape index (κ1) is 28.9. The normalized spacial score (nSPS) is 15.3. The number of ether oxygens (including phenoxy) is 2. The molecule has 2 aliphatic rings. The minimum absolute atomic E-state index is 0.739. The second-order valence-electron chi connectivity index (χ2n) is 13.6. The number of fused-ring (bicyclic) bond motifs is 11. The van der Waals surface area contributed by atoms with Crippen molar-refractivity contribution in [2.45, 2.75) is 5.41 Å². The van der Waals surface area contributed by atoms with Crippen LogP contribution < -0.4 is 9.47 Å². The Morgan fingerprint density at radius 2 is 0.942 bits per heavy atom. The van der Waals surface area contributed by atoms with Gasteiger partial charge in [0.2, 0.25) is 0 Å². The predicted octanol–water partition coefficient (Wildman–Crippen LogP) is 12.7. The number of rotatable bonds is 3. The zero-order valence-corrected chi connectivity index (χ0v) is 28.2. The fourth-order valence-electron chi connectivity index (χ4n) is 8.90. The van der Waals surface area contributed by atoms with Crippen molar-refractivity contribution in [3.63, 3.8) is 0 Å². The van der Waals surface area contributed by atoms with Gasteiger partial charge in [-0.05, 0) is 47.5 Å². The van der Waals surface area contributed by atoms with Crippen LogP contribution in [-0.4, -0.2) is 4.57 Å². The molecule has 11 rings (SSSR count). The van der Waals surface area contributed by atoms with Crippen LogP contribution in [-0.2, 0) is 5.41 Å². The molecular formula is C49H31NO2.